The van der Waals surface area contributed by atoms with Crippen molar-refractivity contribution in [3.8, 4) is 5.75 Å². The molecule has 1 aromatic carbocycles. The zero-order valence-corrected chi connectivity index (χ0v) is 9.71. The molecule has 0 aliphatic carbocycles. The molecule has 0 fully saturated rings. The molecule has 1 amide bonds. The Morgan fingerprint density at radius 1 is 1.38 bits per heavy atom. The summed E-state index contributed by atoms with van der Waals surface area (Å²) in [6.45, 7) is 5.94. The third-order valence-corrected chi connectivity index (χ3v) is 2.32. The zero-order valence-electron chi connectivity index (χ0n) is 9.71. The second kappa shape index (κ2) is 6.12. The first-order valence-corrected chi connectivity index (χ1v) is 5.44. The maximum Gasteiger partial charge on any atom is 0.255 e. The Labute approximate surface area is 95.7 Å². The first kappa shape index (κ1) is 12.5. The fraction of sp³-hybridized carbons (Fsp3) is 0.417. The van der Waals surface area contributed by atoms with Gasteiger partial charge in [0.05, 0.1) is 5.56 Å². The number of amides is 1. The van der Waals surface area contributed by atoms with Crippen molar-refractivity contribution in [1.82, 2.24) is 10.6 Å². The van der Waals surface area contributed by atoms with Crippen LogP contribution < -0.4 is 10.6 Å². The minimum absolute atomic E-state index is 0.0588. The molecule has 0 bridgehead atoms. The maximum atomic E-state index is 11.7. The van der Waals surface area contributed by atoms with Gasteiger partial charge in [-0.2, -0.15) is 0 Å². The first-order chi connectivity index (χ1) is 7.66. The number of carbonyl (C=O) groups is 1. The number of phenols is 1. The highest BCUT2D eigenvalue weighted by Crippen LogP contribution is 2.20. The number of rotatable bonds is 5. The standard InChI is InChI=1S/C12H18N2O2/c1-3-13-7-8-14-12(16)10-6-4-5-9(2)11(10)15/h4-6,13,15H,3,7-8H2,1-2H3,(H,14,16). The highest BCUT2D eigenvalue weighted by atomic mass is 16.3. The summed E-state index contributed by atoms with van der Waals surface area (Å²) >= 11 is 0. The predicted octanol–water partition coefficient (Wildman–Crippen LogP) is 1.04. The van der Waals surface area contributed by atoms with Crippen LogP contribution in [0.4, 0.5) is 0 Å². The van der Waals surface area contributed by atoms with E-state index in [1.807, 2.05) is 6.92 Å². The van der Waals surface area contributed by atoms with Crippen LogP contribution >= 0.6 is 0 Å². The van der Waals surface area contributed by atoms with Gasteiger partial charge in [0, 0.05) is 13.1 Å². The molecule has 88 valence electrons. The molecule has 4 nitrogen and oxygen atoms in total. The normalized spacial score (nSPS) is 10.1. The molecule has 0 aliphatic rings. The SMILES string of the molecule is CCNCCNC(=O)c1cccc(C)c1O. The van der Waals surface area contributed by atoms with Gasteiger partial charge in [-0.05, 0) is 25.1 Å². The molecule has 1 rings (SSSR count). The lowest BCUT2D eigenvalue weighted by molar-refractivity contribution is 0.0951. The van der Waals surface area contributed by atoms with E-state index >= 15 is 0 Å². The molecule has 0 aliphatic heterocycles. The number of aromatic hydroxyl groups is 1. The molecule has 0 unspecified atom stereocenters. The molecule has 0 atom stereocenters. The minimum atomic E-state index is -0.237. The average molecular weight is 222 g/mol. The molecule has 0 aromatic heterocycles. The second-order valence-corrected chi connectivity index (χ2v) is 3.58. The Bertz CT molecular complexity index is 364. The van der Waals surface area contributed by atoms with E-state index in [0.717, 1.165) is 13.1 Å². The Morgan fingerprint density at radius 3 is 2.81 bits per heavy atom. The molecule has 0 spiro atoms. The van der Waals surface area contributed by atoms with E-state index in [4.69, 9.17) is 0 Å². The lowest BCUT2D eigenvalue weighted by atomic mass is 10.1. The number of carbonyl (C=O) groups excluding carboxylic acids is 1. The number of likely N-dealkylation sites (N-methyl/N-ethyl adjacent to an activating group) is 1. The van der Waals surface area contributed by atoms with Crippen molar-refractivity contribution in [2.45, 2.75) is 13.8 Å². The number of para-hydroxylation sites is 1. The van der Waals surface area contributed by atoms with E-state index in [1.165, 1.54) is 0 Å². The topological polar surface area (TPSA) is 61.4 Å². The summed E-state index contributed by atoms with van der Waals surface area (Å²) in [7, 11) is 0. The minimum Gasteiger partial charge on any atom is -0.507 e. The molecular formula is C12H18N2O2. The van der Waals surface area contributed by atoms with Crippen molar-refractivity contribution < 1.29 is 9.90 Å². The number of benzene rings is 1. The summed E-state index contributed by atoms with van der Waals surface area (Å²) in [5.41, 5.74) is 1.04. The van der Waals surface area contributed by atoms with Crippen LogP contribution in [0, 0.1) is 6.92 Å². The Morgan fingerprint density at radius 2 is 2.12 bits per heavy atom. The zero-order chi connectivity index (χ0) is 12.0. The molecule has 0 saturated carbocycles. The fourth-order valence-electron chi connectivity index (χ4n) is 1.38. The predicted molar refractivity (Wildman–Crippen MR) is 63.7 cm³/mol. The van der Waals surface area contributed by atoms with E-state index in [2.05, 4.69) is 10.6 Å². The monoisotopic (exact) mass is 222 g/mol. The highest BCUT2D eigenvalue weighted by Gasteiger charge is 2.11. The van der Waals surface area contributed by atoms with Crippen molar-refractivity contribution in [3.63, 3.8) is 0 Å². The number of hydrogen-bond acceptors (Lipinski definition) is 3. The summed E-state index contributed by atoms with van der Waals surface area (Å²) in [4.78, 5) is 11.7. The molecule has 0 radical (unpaired) electrons. The van der Waals surface area contributed by atoms with Crippen molar-refractivity contribution in [1.29, 1.82) is 0 Å². The van der Waals surface area contributed by atoms with Crippen LogP contribution in [0.2, 0.25) is 0 Å². The summed E-state index contributed by atoms with van der Waals surface area (Å²) in [5.74, 6) is -0.178. The maximum absolute atomic E-state index is 11.7. The van der Waals surface area contributed by atoms with Gasteiger partial charge < -0.3 is 15.7 Å². The lowest BCUT2D eigenvalue weighted by Crippen LogP contribution is -2.31. The van der Waals surface area contributed by atoms with E-state index in [0.29, 0.717) is 17.7 Å². The third-order valence-electron chi connectivity index (χ3n) is 2.32. The van der Waals surface area contributed by atoms with E-state index in [9.17, 15) is 9.90 Å². The van der Waals surface area contributed by atoms with Gasteiger partial charge in [0.25, 0.3) is 5.91 Å². The number of hydrogen-bond donors (Lipinski definition) is 3. The van der Waals surface area contributed by atoms with Crippen molar-refractivity contribution >= 4 is 5.91 Å². The number of aryl methyl sites for hydroxylation is 1. The van der Waals surface area contributed by atoms with Gasteiger partial charge >= 0.3 is 0 Å². The summed E-state index contributed by atoms with van der Waals surface area (Å²) in [6.07, 6.45) is 0. The van der Waals surface area contributed by atoms with Crippen molar-refractivity contribution in [3.05, 3.63) is 29.3 Å². The highest BCUT2D eigenvalue weighted by molar-refractivity contribution is 5.97. The van der Waals surface area contributed by atoms with Gasteiger partial charge in [0.2, 0.25) is 0 Å². The van der Waals surface area contributed by atoms with E-state index < -0.39 is 0 Å². The van der Waals surface area contributed by atoms with Crippen molar-refractivity contribution in [2.24, 2.45) is 0 Å². The van der Waals surface area contributed by atoms with Crippen LogP contribution in [0.5, 0.6) is 5.75 Å². The van der Waals surface area contributed by atoms with E-state index in [1.54, 1.807) is 25.1 Å². The van der Waals surface area contributed by atoms with Crippen LogP contribution in [-0.2, 0) is 0 Å². The Hall–Kier alpha value is -1.55. The average Bonchev–Trinajstić information content (AvgIpc) is 2.28. The third kappa shape index (κ3) is 3.24. The number of phenolic OH excluding ortho intramolecular Hbond substituents is 1. The van der Waals surface area contributed by atoms with Gasteiger partial charge in [-0.1, -0.05) is 19.1 Å². The van der Waals surface area contributed by atoms with Crippen LogP contribution in [0.3, 0.4) is 0 Å². The molecule has 0 saturated heterocycles. The second-order valence-electron chi connectivity index (χ2n) is 3.58. The summed E-state index contributed by atoms with van der Waals surface area (Å²) < 4.78 is 0. The van der Waals surface area contributed by atoms with Gasteiger partial charge in [-0.3, -0.25) is 4.79 Å². The summed E-state index contributed by atoms with van der Waals surface area (Å²) in [5, 5.41) is 15.5. The van der Waals surface area contributed by atoms with Gasteiger partial charge in [-0.15, -0.1) is 0 Å². The lowest BCUT2D eigenvalue weighted by Gasteiger charge is -2.08. The van der Waals surface area contributed by atoms with Crippen LogP contribution in [-0.4, -0.2) is 30.6 Å². The van der Waals surface area contributed by atoms with Gasteiger partial charge in [-0.25, -0.2) is 0 Å². The van der Waals surface area contributed by atoms with Crippen LogP contribution in [0.1, 0.15) is 22.8 Å². The van der Waals surface area contributed by atoms with Gasteiger partial charge in [0.15, 0.2) is 0 Å². The van der Waals surface area contributed by atoms with Gasteiger partial charge in [0.1, 0.15) is 5.75 Å². The van der Waals surface area contributed by atoms with Crippen LogP contribution in [0.15, 0.2) is 18.2 Å². The Balaban J connectivity index is 2.56. The molecule has 16 heavy (non-hydrogen) atoms. The quantitative estimate of drug-likeness (QED) is 0.652. The largest absolute Gasteiger partial charge is 0.507 e. The molecular weight excluding hydrogens is 204 g/mol. The van der Waals surface area contributed by atoms with Crippen molar-refractivity contribution in [2.75, 3.05) is 19.6 Å². The molecule has 3 N–H and O–H groups in total. The molecule has 4 heteroatoms. The smallest absolute Gasteiger partial charge is 0.255 e. The number of nitrogens with one attached hydrogen (secondary N) is 2. The van der Waals surface area contributed by atoms with Crippen LogP contribution in [0.25, 0.3) is 0 Å². The van der Waals surface area contributed by atoms with E-state index in [-0.39, 0.29) is 11.7 Å². The summed E-state index contributed by atoms with van der Waals surface area (Å²) in [6, 6.07) is 5.14. The fourth-order valence-corrected chi connectivity index (χ4v) is 1.38. The first-order valence-electron chi connectivity index (χ1n) is 5.44. The molecule has 1 aromatic rings. The molecule has 0 heterocycles. The Kier molecular flexibility index (Phi) is 4.79.